The first-order chi connectivity index (χ1) is 9.20. The van der Waals surface area contributed by atoms with Crippen molar-refractivity contribution in [2.75, 3.05) is 6.61 Å². The number of Topliss-reactive ketones (excluding diaryl/α,β-unsaturated/α-hetero) is 1. The first kappa shape index (κ1) is 13.8. The zero-order valence-electron chi connectivity index (χ0n) is 11.4. The highest BCUT2D eigenvalue weighted by Crippen LogP contribution is 2.22. The predicted molar refractivity (Wildman–Crippen MR) is 73.0 cm³/mol. The smallest absolute Gasteiger partial charge is 0.374 e. The molecular weight excluding hydrogens is 240 g/mol. The maximum atomic E-state index is 11.5. The van der Waals surface area contributed by atoms with Gasteiger partial charge in [-0.1, -0.05) is 18.2 Å². The van der Waals surface area contributed by atoms with E-state index in [1.807, 2.05) is 0 Å². The van der Waals surface area contributed by atoms with E-state index in [4.69, 9.17) is 4.74 Å². The molecule has 0 bridgehead atoms. The average Bonchev–Trinajstić information content (AvgIpc) is 2.44. The molecule has 3 nitrogen and oxygen atoms in total. The number of ether oxygens (including phenoxy) is 1. The second-order valence-electron chi connectivity index (χ2n) is 4.95. The number of rotatable bonds is 5. The van der Waals surface area contributed by atoms with Crippen LogP contribution >= 0.6 is 0 Å². The summed E-state index contributed by atoms with van der Waals surface area (Å²) in [6.07, 6.45) is 5.67. The normalized spacial score (nSPS) is 13.7. The number of fused-ring (bicyclic) bond motifs is 1. The van der Waals surface area contributed by atoms with Crippen LogP contribution in [0.4, 0.5) is 0 Å². The van der Waals surface area contributed by atoms with Crippen LogP contribution in [0.25, 0.3) is 0 Å². The minimum atomic E-state index is -0.708. The van der Waals surface area contributed by atoms with Crippen molar-refractivity contribution in [1.82, 2.24) is 0 Å². The molecule has 2 rings (SSSR count). The first-order valence-corrected chi connectivity index (χ1v) is 7.01. The van der Waals surface area contributed by atoms with Crippen molar-refractivity contribution in [2.45, 2.75) is 45.4 Å². The molecule has 0 unspecified atom stereocenters. The topological polar surface area (TPSA) is 43.4 Å². The highest BCUT2D eigenvalue weighted by molar-refractivity contribution is 6.33. The van der Waals surface area contributed by atoms with Gasteiger partial charge in [0.1, 0.15) is 0 Å². The monoisotopic (exact) mass is 260 g/mol. The van der Waals surface area contributed by atoms with E-state index >= 15 is 0 Å². The minimum Gasteiger partial charge on any atom is -0.460 e. The summed E-state index contributed by atoms with van der Waals surface area (Å²) >= 11 is 0. The molecule has 0 amide bonds. The number of aryl methyl sites for hydroxylation is 3. The SMILES string of the molecule is CCOC(=O)C(=O)CCc1ccc2c(c1)CCCC2. The molecule has 0 fully saturated rings. The fourth-order valence-corrected chi connectivity index (χ4v) is 2.51. The predicted octanol–water partition coefficient (Wildman–Crippen LogP) is 2.63. The first-order valence-electron chi connectivity index (χ1n) is 7.01. The van der Waals surface area contributed by atoms with E-state index in [0.29, 0.717) is 6.42 Å². The van der Waals surface area contributed by atoms with Crippen LogP contribution in [0.3, 0.4) is 0 Å². The Kier molecular flexibility index (Phi) is 4.72. The van der Waals surface area contributed by atoms with E-state index in [9.17, 15) is 9.59 Å². The molecule has 1 aliphatic carbocycles. The van der Waals surface area contributed by atoms with Crippen LogP contribution in [0.2, 0.25) is 0 Å². The number of carbonyl (C=O) groups is 2. The summed E-state index contributed by atoms with van der Waals surface area (Å²) in [6.45, 7) is 1.96. The van der Waals surface area contributed by atoms with Crippen molar-refractivity contribution < 1.29 is 14.3 Å². The summed E-state index contributed by atoms with van der Waals surface area (Å²) in [5, 5.41) is 0. The van der Waals surface area contributed by atoms with E-state index in [0.717, 1.165) is 18.4 Å². The molecular formula is C16H20O3. The van der Waals surface area contributed by atoms with E-state index in [2.05, 4.69) is 18.2 Å². The highest BCUT2D eigenvalue weighted by atomic mass is 16.5. The Bertz CT molecular complexity index is 477. The zero-order valence-corrected chi connectivity index (χ0v) is 11.4. The van der Waals surface area contributed by atoms with Gasteiger partial charge in [-0.25, -0.2) is 4.79 Å². The number of hydrogen-bond acceptors (Lipinski definition) is 3. The fourth-order valence-electron chi connectivity index (χ4n) is 2.51. The van der Waals surface area contributed by atoms with Gasteiger partial charge in [0.05, 0.1) is 6.61 Å². The van der Waals surface area contributed by atoms with Crippen LogP contribution in [-0.4, -0.2) is 18.4 Å². The van der Waals surface area contributed by atoms with Crippen molar-refractivity contribution in [2.24, 2.45) is 0 Å². The van der Waals surface area contributed by atoms with E-state index in [-0.39, 0.29) is 13.0 Å². The third-order valence-electron chi connectivity index (χ3n) is 3.56. The van der Waals surface area contributed by atoms with Crippen LogP contribution in [0.15, 0.2) is 18.2 Å². The second kappa shape index (κ2) is 6.50. The maximum Gasteiger partial charge on any atom is 0.374 e. The molecule has 0 radical (unpaired) electrons. The molecule has 0 aliphatic heterocycles. The quantitative estimate of drug-likeness (QED) is 0.604. The largest absolute Gasteiger partial charge is 0.460 e. The molecule has 0 N–H and O–H groups in total. The van der Waals surface area contributed by atoms with Gasteiger partial charge in [0.2, 0.25) is 5.78 Å². The summed E-state index contributed by atoms with van der Waals surface area (Å²) in [5.74, 6) is -1.14. The third kappa shape index (κ3) is 3.66. The van der Waals surface area contributed by atoms with Gasteiger partial charge in [-0.05, 0) is 55.7 Å². The summed E-state index contributed by atoms with van der Waals surface area (Å²) in [7, 11) is 0. The molecule has 1 aliphatic rings. The molecule has 0 saturated carbocycles. The number of ketones is 1. The second-order valence-corrected chi connectivity index (χ2v) is 4.95. The Morgan fingerprint density at radius 2 is 1.89 bits per heavy atom. The molecule has 0 heterocycles. The van der Waals surface area contributed by atoms with Crippen LogP contribution in [-0.2, 0) is 33.6 Å². The molecule has 1 aromatic rings. The van der Waals surface area contributed by atoms with Gasteiger partial charge >= 0.3 is 5.97 Å². The Morgan fingerprint density at radius 3 is 2.63 bits per heavy atom. The van der Waals surface area contributed by atoms with Crippen molar-refractivity contribution in [3.8, 4) is 0 Å². The Hall–Kier alpha value is -1.64. The summed E-state index contributed by atoms with van der Waals surface area (Å²) in [6, 6.07) is 6.42. The van der Waals surface area contributed by atoms with Gasteiger partial charge in [0.25, 0.3) is 0 Å². The molecule has 0 atom stereocenters. The molecule has 19 heavy (non-hydrogen) atoms. The number of benzene rings is 1. The standard InChI is InChI=1S/C16H20O3/c1-2-19-16(18)15(17)10-8-12-7-9-13-5-3-4-6-14(13)11-12/h7,9,11H,2-6,8,10H2,1H3. The lowest BCUT2D eigenvalue weighted by atomic mass is 9.89. The number of hydrogen-bond donors (Lipinski definition) is 0. The molecule has 1 aromatic carbocycles. The van der Waals surface area contributed by atoms with Crippen molar-refractivity contribution in [3.63, 3.8) is 0 Å². The third-order valence-corrected chi connectivity index (χ3v) is 3.56. The Labute approximate surface area is 114 Å². The van der Waals surface area contributed by atoms with Gasteiger partial charge in [-0.3, -0.25) is 4.79 Å². The van der Waals surface area contributed by atoms with Gasteiger partial charge in [-0.15, -0.1) is 0 Å². The molecule has 3 heteroatoms. The molecule has 0 spiro atoms. The van der Waals surface area contributed by atoms with Crippen LogP contribution < -0.4 is 0 Å². The van der Waals surface area contributed by atoms with Crippen molar-refractivity contribution in [1.29, 1.82) is 0 Å². The molecule has 0 saturated heterocycles. The number of esters is 1. The van der Waals surface area contributed by atoms with Crippen molar-refractivity contribution >= 4 is 11.8 Å². The summed E-state index contributed by atoms with van der Waals surface area (Å²) < 4.78 is 4.69. The van der Waals surface area contributed by atoms with Crippen LogP contribution in [0, 0.1) is 0 Å². The Balaban J connectivity index is 1.93. The lowest BCUT2D eigenvalue weighted by molar-refractivity contribution is -0.153. The lowest BCUT2D eigenvalue weighted by Crippen LogP contribution is -2.17. The van der Waals surface area contributed by atoms with E-state index in [1.165, 1.54) is 24.0 Å². The van der Waals surface area contributed by atoms with E-state index in [1.54, 1.807) is 6.92 Å². The summed E-state index contributed by atoms with van der Waals surface area (Å²) in [4.78, 5) is 22.7. The maximum absolute atomic E-state index is 11.5. The highest BCUT2D eigenvalue weighted by Gasteiger charge is 2.15. The molecule has 102 valence electrons. The lowest BCUT2D eigenvalue weighted by Gasteiger charge is -2.16. The Morgan fingerprint density at radius 1 is 1.16 bits per heavy atom. The average molecular weight is 260 g/mol. The van der Waals surface area contributed by atoms with Gasteiger partial charge < -0.3 is 4.74 Å². The van der Waals surface area contributed by atoms with Gasteiger partial charge in [0, 0.05) is 6.42 Å². The van der Waals surface area contributed by atoms with Gasteiger partial charge in [-0.2, -0.15) is 0 Å². The fraction of sp³-hybridized carbons (Fsp3) is 0.500. The summed E-state index contributed by atoms with van der Waals surface area (Å²) in [5.41, 5.74) is 3.98. The number of carbonyl (C=O) groups excluding carboxylic acids is 2. The van der Waals surface area contributed by atoms with Crippen LogP contribution in [0.1, 0.15) is 42.9 Å². The van der Waals surface area contributed by atoms with Crippen molar-refractivity contribution in [3.05, 3.63) is 34.9 Å². The van der Waals surface area contributed by atoms with Crippen LogP contribution in [0.5, 0.6) is 0 Å². The zero-order chi connectivity index (χ0) is 13.7. The minimum absolute atomic E-state index is 0.234. The van der Waals surface area contributed by atoms with Gasteiger partial charge in [0.15, 0.2) is 0 Å². The molecule has 0 aromatic heterocycles. The van der Waals surface area contributed by atoms with E-state index < -0.39 is 11.8 Å².